The van der Waals surface area contributed by atoms with E-state index in [0.717, 1.165) is 7.05 Å². The molecule has 1 rings (SSSR count). The molecule has 0 unspecified atom stereocenters. The quantitative estimate of drug-likeness (QED) is 0.783. The average molecular weight is 302 g/mol. The normalized spacial score (nSPS) is 12.4. The standard InChI is InChI=1S/C11H9ClF5NO/c1-18(6-7-3-2-4-8(12)5-7)9(19)10(13,14)11(15,16)17/h2-5H,6H2,1H3. The van der Waals surface area contributed by atoms with Crippen LogP contribution in [0.5, 0.6) is 0 Å². The number of amides is 1. The molecule has 2 nitrogen and oxygen atoms in total. The summed E-state index contributed by atoms with van der Waals surface area (Å²) in [5.74, 6) is -7.71. The highest BCUT2D eigenvalue weighted by Gasteiger charge is 2.64. The number of benzene rings is 1. The summed E-state index contributed by atoms with van der Waals surface area (Å²) in [5.41, 5.74) is 0.348. The van der Waals surface area contributed by atoms with Gasteiger partial charge in [0.05, 0.1) is 0 Å². The molecule has 1 aromatic rings. The predicted octanol–water partition coefficient (Wildman–Crippen LogP) is 3.50. The van der Waals surface area contributed by atoms with E-state index in [0.29, 0.717) is 15.5 Å². The van der Waals surface area contributed by atoms with E-state index < -0.39 is 24.6 Å². The molecule has 0 saturated carbocycles. The zero-order valence-corrected chi connectivity index (χ0v) is 10.4. The third-order valence-electron chi connectivity index (χ3n) is 2.28. The summed E-state index contributed by atoms with van der Waals surface area (Å²) >= 11 is 5.64. The first-order valence-corrected chi connectivity index (χ1v) is 5.38. The molecule has 0 aliphatic heterocycles. The smallest absolute Gasteiger partial charge is 0.336 e. The van der Waals surface area contributed by atoms with Crippen LogP contribution in [0, 0.1) is 0 Å². The first kappa shape index (κ1) is 15.7. The Morgan fingerprint density at radius 2 is 1.84 bits per heavy atom. The minimum atomic E-state index is -5.91. The van der Waals surface area contributed by atoms with Gasteiger partial charge in [0.25, 0.3) is 0 Å². The SMILES string of the molecule is CN(Cc1cccc(Cl)c1)C(=O)C(F)(F)C(F)(F)F. The summed E-state index contributed by atoms with van der Waals surface area (Å²) in [5, 5.41) is 0.293. The van der Waals surface area contributed by atoms with Gasteiger partial charge in [0, 0.05) is 18.6 Å². The molecule has 1 amide bonds. The van der Waals surface area contributed by atoms with Crippen LogP contribution in [0.3, 0.4) is 0 Å². The van der Waals surface area contributed by atoms with Crippen LogP contribution in [-0.4, -0.2) is 30.0 Å². The highest BCUT2D eigenvalue weighted by Crippen LogP contribution is 2.36. The van der Waals surface area contributed by atoms with Gasteiger partial charge in [-0.3, -0.25) is 4.79 Å². The van der Waals surface area contributed by atoms with Gasteiger partial charge in [-0.05, 0) is 17.7 Å². The van der Waals surface area contributed by atoms with Crippen molar-refractivity contribution in [1.82, 2.24) is 4.90 Å². The lowest BCUT2D eigenvalue weighted by Gasteiger charge is -2.24. The van der Waals surface area contributed by atoms with Gasteiger partial charge in [0.1, 0.15) is 0 Å². The summed E-state index contributed by atoms with van der Waals surface area (Å²) < 4.78 is 61.7. The molecular formula is C11H9ClF5NO. The van der Waals surface area contributed by atoms with Crippen LogP contribution in [0.25, 0.3) is 0 Å². The summed E-state index contributed by atoms with van der Waals surface area (Å²) in [6.45, 7) is -0.398. The number of hydrogen-bond acceptors (Lipinski definition) is 1. The second-order valence-electron chi connectivity index (χ2n) is 3.86. The summed E-state index contributed by atoms with van der Waals surface area (Å²) in [7, 11) is 0.864. The maximum absolute atomic E-state index is 12.8. The largest absolute Gasteiger partial charge is 0.463 e. The maximum Gasteiger partial charge on any atom is 0.463 e. The van der Waals surface area contributed by atoms with Crippen LogP contribution in [0.1, 0.15) is 5.56 Å². The second kappa shape index (κ2) is 5.32. The number of alkyl halides is 5. The monoisotopic (exact) mass is 301 g/mol. The summed E-state index contributed by atoms with van der Waals surface area (Å²) in [4.78, 5) is 11.4. The molecule has 0 heterocycles. The second-order valence-corrected chi connectivity index (χ2v) is 4.30. The Labute approximate surface area is 110 Å². The molecule has 0 N–H and O–H groups in total. The van der Waals surface area contributed by atoms with Crippen molar-refractivity contribution in [3.05, 3.63) is 34.9 Å². The first-order valence-electron chi connectivity index (χ1n) is 5.00. The number of hydrogen-bond donors (Lipinski definition) is 0. The van der Waals surface area contributed by atoms with Crippen LogP contribution in [0.2, 0.25) is 5.02 Å². The van der Waals surface area contributed by atoms with E-state index in [1.54, 1.807) is 0 Å². The van der Waals surface area contributed by atoms with E-state index in [9.17, 15) is 26.7 Å². The molecule has 0 aromatic heterocycles. The fourth-order valence-corrected chi connectivity index (χ4v) is 1.55. The van der Waals surface area contributed by atoms with Crippen molar-refractivity contribution in [3.8, 4) is 0 Å². The van der Waals surface area contributed by atoms with Gasteiger partial charge in [0.15, 0.2) is 0 Å². The Kier molecular flexibility index (Phi) is 4.39. The Balaban J connectivity index is 2.84. The average Bonchev–Trinajstić information content (AvgIpc) is 2.26. The zero-order chi connectivity index (χ0) is 14.8. The Bertz CT molecular complexity index is 474. The third-order valence-corrected chi connectivity index (χ3v) is 2.52. The highest BCUT2D eigenvalue weighted by atomic mass is 35.5. The van der Waals surface area contributed by atoms with Gasteiger partial charge in [-0.15, -0.1) is 0 Å². The summed E-state index contributed by atoms with van der Waals surface area (Å²) in [6.07, 6.45) is -5.91. The van der Waals surface area contributed by atoms with E-state index in [2.05, 4.69) is 0 Å². The number of rotatable bonds is 3. The van der Waals surface area contributed by atoms with Crippen molar-refractivity contribution in [2.45, 2.75) is 18.6 Å². The van der Waals surface area contributed by atoms with E-state index in [1.165, 1.54) is 24.3 Å². The first-order chi connectivity index (χ1) is 8.55. The van der Waals surface area contributed by atoms with Crippen molar-refractivity contribution in [2.75, 3.05) is 7.05 Å². The minimum absolute atomic E-state index is 0.293. The van der Waals surface area contributed by atoms with Crippen LogP contribution >= 0.6 is 11.6 Å². The topological polar surface area (TPSA) is 20.3 Å². The fourth-order valence-electron chi connectivity index (χ4n) is 1.34. The third kappa shape index (κ3) is 3.56. The van der Waals surface area contributed by atoms with Crippen LogP contribution in [-0.2, 0) is 11.3 Å². The van der Waals surface area contributed by atoms with Crippen LogP contribution in [0.4, 0.5) is 22.0 Å². The van der Waals surface area contributed by atoms with Crippen molar-refractivity contribution >= 4 is 17.5 Å². The molecule has 0 saturated heterocycles. The van der Waals surface area contributed by atoms with Crippen molar-refractivity contribution in [3.63, 3.8) is 0 Å². The molecule has 1 aromatic carbocycles. The lowest BCUT2D eigenvalue weighted by molar-refractivity contribution is -0.274. The lowest BCUT2D eigenvalue weighted by atomic mass is 10.2. The molecule has 0 aliphatic rings. The molecule has 0 spiro atoms. The molecular weight excluding hydrogens is 293 g/mol. The Hall–Kier alpha value is -1.37. The predicted molar refractivity (Wildman–Crippen MR) is 58.9 cm³/mol. The Morgan fingerprint density at radius 1 is 1.26 bits per heavy atom. The number of carbonyl (C=O) groups excluding carboxylic acids is 1. The zero-order valence-electron chi connectivity index (χ0n) is 9.64. The van der Waals surface area contributed by atoms with Gasteiger partial charge in [0.2, 0.25) is 0 Å². The fraction of sp³-hybridized carbons (Fsp3) is 0.364. The highest BCUT2D eigenvalue weighted by molar-refractivity contribution is 6.30. The van der Waals surface area contributed by atoms with Gasteiger partial charge in [-0.25, -0.2) is 0 Å². The van der Waals surface area contributed by atoms with Crippen LogP contribution < -0.4 is 0 Å². The molecule has 106 valence electrons. The minimum Gasteiger partial charge on any atom is -0.336 e. The van der Waals surface area contributed by atoms with Gasteiger partial charge < -0.3 is 4.90 Å². The number of halogens is 6. The molecule has 0 bridgehead atoms. The Morgan fingerprint density at radius 3 is 2.32 bits per heavy atom. The van der Waals surface area contributed by atoms with E-state index in [-0.39, 0.29) is 0 Å². The number of nitrogens with zero attached hydrogens (tertiary/aromatic N) is 1. The van der Waals surface area contributed by atoms with E-state index in [1.807, 2.05) is 0 Å². The van der Waals surface area contributed by atoms with Crippen molar-refractivity contribution in [2.24, 2.45) is 0 Å². The van der Waals surface area contributed by atoms with E-state index in [4.69, 9.17) is 11.6 Å². The van der Waals surface area contributed by atoms with Crippen molar-refractivity contribution in [1.29, 1.82) is 0 Å². The van der Waals surface area contributed by atoms with E-state index >= 15 is 0 Å². The van der Waals surface area contributed by atoms with Gasteiger partial charge in [-0.2, -0.15) is 22.0 Å². The maximum atomic E-state index is 12.8. The molecule has 8 heteroatoms. The molecule has 0 aliphatic carbocycles. The van der Waals surface area contributed by atoms with Gasteiger partial charge >= 0.3 is 18.0 Å². The number of carbonyl (C=O) groups is 1. The summed E-state index contributed by atoms with van der Waals surface area (Å²) in [6, 6.07) is 5.84. The van der Waals surface area contributed by atoms with Crippen LogP contribution in [0.15, 0.2) is 24.3 Å². The molecule has 19 heavy (non-hydrogen) atoms. The molecule has 0 radical (unpaired) electrons. The van der Waals surface area contributed by atoms with Crippen molar-refractivity contribution < 1.29 is 26.7 Å². The molecule has 0 atom stereocenters. The molecule has 0 fully saturated rings. The van der Waals surface area contributed by atoms with Gasteiger partial charge in [-0.1, -0.05) is 23.7 Å². The lowest BCUT2D eigenvalue weighted by Crippen LogP contribution is -2.50.